The quantitative estimate of drug-likeness (QED) is 0.601. The summed E-state index contributed by atoms with van der Waals surface area (Å²) in [5.41, 5.74) is 3.66. The first kappa shape index (κ1) is 18.1. The van der Waals surface area contributed by atoms with Gasteiger partial charge in [0.1, 0.15) is 16.9 Å². The van der Waals surface area contributed by atoms with E-state index in [9.17, 15) is 4.79 Å². The van der Waals surface area contributed by atoms with E-state index < -0.39 is 0 Å². The second-order valence-electron chi connectivity index (χ2n) is 5.93. The zero-order valence-electron chi connectivity index (χ0n) is 14.4. The molecule has 0 aliphatic carbocycles. The van der Waals surface area contributed by atoms with Gasteiger partial charge in [0.05, 0.1) is 0 Å². The minimum atomic E-state index is -0.222. The Kier molecular flexibility index (Phi) is 6.02. The SMILES string of the molecule is Cc1cccc(COc2ccc(C(=O)NCc3ccccc3)nc2Br)c1. The zero-order valence-corrected chi connectivity index (χ0v) is 16.0. The third-order valence-corrected chi connectivity index (χ3v) is 4.39. The van der Waals surface area contributed by atoms with Crippen molar-refractivity contribution in [2.45, 2.75) is 20.1 Å². The number of hydrogen-bond donors (Lipinski definition) is 1. The van der Waals surface area contributed by atoms with Crippen LogP contribution in [-0.2, 0) is 13.2 Å². The third-order valence-electron chi connectivity index (χ3n) is 3.82. The highest BCUT2D eigenvalue weighted by atomic mass is 79.9. The topological polar surface area (TPSA) is 51.2 Å². The van der Waals surface area contributed by atoms with Gasteiger partial charge in [0, 0.05) is 6.54 Å². The van der Waals surface area contributed by atoms with Gasteiger partial charge in [0.25, 0.3) is 5.91 Å². The van der Waals surface area contributed by atoms with Crippen LogP contribution in [0.3, 0.4) is 0 Å². The van der Waals surface area contributed by atoms with E-state index in [2.05, 4.69) is 32.3 Å². The molecule has 0 atom stereocenters. The van der Waals surface area contributed by atoms with Crippen LogP contribution in [0.15, 0.2) is 71.3 Å². The molecule has 4 nitrogen and oxygen atoms in total. The van der Waals surface area contributed by atoms with Gasteiger partial charge in [-0.1, -0.05) is 60.2 Å². The van der Waals surface area contributed by atoms with Gasteiger partial charge in [-0.3, -0.25) is 4.79 Å². The van der Waals surface area contributed by atoms with E-state index in [1.165, 1.54) is 5.56 Å². The monoisotopic (exact) mass is 410 g/mol. The summed E-state index contributed by atoms with van der Waals surface area (Å²) < 4.78 is 6.31. The Morgan fingerprint density at radius 3 is 2.54 bits per heavy atom. The van der Waals surface area contributed by atoms with Crippen molar-refractivity contribution in [2.75, 3.05) is 0 Å². The molecule has 1 amide bonds. The van der Waals surface area contributed by atoms with Crippen LogP contribution in [0.1, 0.15) is 27.2 Å². The highest BCUT2D eigenvalue weighted by molar-refractivity contribution is 9.10. The predicted molar refractivity (Wildman–Crippen MR) is 105 cm³/mol. The Bertz CT molecular complexity index is 898. The number of rotatable bonds is 6. The lowest BCUT2D eigenvalue weighted by molar-refractivity contribution is 0.0945. The second-order valence-corrected chi connectivity index (χ2v) is 6.68. The maximum absolute atomic E-state index is 12.3. The molecule has 1 heterocycles. The molecule has 5 heteroatoms. The fourth-order valence-corrected chi connectivity index (χ4v) is 2.93. The number of amides is 1. The number of benzene rings is 2. The van der Waals surface area contributed by atoms with Gasteiger partial charge < -0.3 is 10.1 Å². The molecule has 0 fully saturated rings. The molecule has 0 aliphatic heterocycles. The average Bonchev–Trinajstić information content (AvgIpc) is 2.66. The number of aryl methyl sites for hydroxylation is 1. The van der Waals surface area contributed by atoms with Crippen molar-refractivity contribution in [3.63, 3.8) is 0 Å². The van der Waals surface area contributed by atoms with E-state index in [-0.39, 0.29) is 5.91 Å². The van der Waals surface area contributed by atoms with Gasteiger partial charge >= 0.3 is 0 Å². The summed E-state index contributed by atoms with van der Waals surface area (Å²) >= 11 is 3.38. The Balaban J connectivity index is 1.60. The van der Waals surface area contributed by atoms with Crippen LogP contribution in [0, 0.1) is 6.92 Å². The molecule has 0 aliphatic rings. The molecule has 2 aromatic carbocycles. The summed E-state index contributed by atoms with van der Waals surface area (Å²) in [5, 5.41) is 2.86. The van der Waals surface area contributed by atoms with Crippen molar-refractivity contribution in [3.8, 4) is 5.75 Å². The molecule has 3 aromatic rings. The number of ether oxygens (including phenoxy) is 1. The first-order valence-corrected chi connectivity index (χ1v) is 9.08. The molecule has 26 heavy (non-hydrogen) atoms. The normalized spacial score (nSPS) is 10.4. The molecule has 0 saturated heterocycles. The maximum atomic E-state index is 12.3. The van der Waals surface area contributed by atoms with Crippen molar-refractivity contribution >= 4 is 21.8 Å². The predicted octanol–water partition coefficient (Wildman–Crippen LogP) is 4.66. The molecule has 0 unspecified atom stereocenters. The van der Waals surface area contributed by atoms with Crippen molar-refractivity contribution in [2.24, 2.45) is 0 Å². The van der Waals surface area contributed by atoms with Crippen molar-refractivity contribution in [3.05, 3.63) is 93.7 Å². The molecule has 0 bridgehead atoms. The van der Waals surface area contributed by atoms with Gasteiger partial charge in [-0.15, -0.1) is 0 Å². The smallest absolute Gasteiger partial charge is 0.270 e. The van der Waals surface area contributed by atoms with E-state index in [0.717, 1.165) is 11.1 Å². The van der Waals surface area contributed by atoms with Crippen molar-refractivity contribution in [1.29, 1.82) is 0 Å². The minimum Gasteiger partial charge on any atom is -0.486 e. The molecule has 132 valence electrons. The van der Waals surface area contributed by atoms with Crippen molar-refractivity contribution in [1.82, 2.24) is 10.3 Å². The second kappa shape index (κ2) is 8.63. The Hall–Kier alpha value is -2.66. The van der Waals surface area contributed by atoms with Crippen LogP contribution in [-0.4, -0.2) is 10.9 Å². The standard InChI is InChI=1S/C21H19BrN2O2/c1-15-6-5-9-17(12-15)14-26-19-11-10-18(24-20(19)22)21(25)23-13-16-7-3-2-4-8-16/h2-12H,13-14H2,1H3,(H,23,25). The molecule has 1 aromatic heterocycles. The number of aromatic nitrogens is 1. The summed E-state index contributed by atoms with van der Waals surface area (Å²) in [7, 11) is 0. The van der Waals surface area contributed by atoms with Gasteiger partial charge in [-0.05, 0) is 46.1 Å². The number of hydrogen-bond acceptors (Lipinski definition) is 3. The Morgan fingerprint density at radius 1 is 1.04 bits per heavy atom. The summed E-state index contributed by atoms with van der Waals surface area (Å²) in [5.74, 6) is 0.380. The first-order valence-electron chi connectivity index (χ1n) is 8.29. The lowest BCUT2D eigenvalue weighted by Crippen LogP contribution is -2.23. The van der Waals surface area contributed by atoms with Crippen LogP contribution < -0.4 is 10.1 Å². The van der Waals surface area contributed by atoms with Gasteiger partial charge in [0.2, 0.25) is 0 Å². The van der Waals surface area contributed by atoms with Gasteiger partial charge in [0.15, 0.2) is 5.75 Å². The highest BCUT2D eigenvalue weighted by Crippen LogP contribution is 2.24. The molecule has 0 radical (unpaired) electrons. The zero-order chi connectivity index (χ0) is 18.4. The number of carbonyl (C=O) groups excluding carboxylic acids is 1. The Labute approximate surface area is 161 Å². The number of halogens is 1. The fourth-order valence-electron chi connectivity index (χ4n) is 2.49. The lowest BCUT2D eigenvalue weighted by atomic mass is 10.1. The van der Waals surface area contributed by atoms with Gasteiger partial charge in [-0.25, -0.2) is 4.98 Å². The largest absolute Gasteiger partial charge is 0.486 e. The number of nitrogens with zero attached hydrogens (tertiary/aromatic N) is 1. The molecule has 0 saturated carbocycles. The van der Waals surface area contributed by atoms with E-state index in [4.69, 9.17) is 4.74 Å². The number of carbonyl (C=O) groups is 1. The average molecular weight is 411 g/mol. The summed E-state index contributed by atoms with van der Waals surface area (Å²) in [6.07, 6.45) is 0. The summed E-state index contributed by atoms with van der Waals surface area (Å²) in [6, 6.07) is 21.3. The third kappa shape index (κ3) is 4.92. The fraction of sp³-hybridized carbons (Fsp3) is 0.143. The van der Waals surface area contributed by atoms with Crippen LogP contribution in [0.2, 0.25) is 0 Å². The molecular formula is C21H19BrN2O2. The van der Waals surface area contributed by atoms with Crippen LogP contribution >= 0.6 is 15.9 Å². The van der Waals surface area contributed by atoms with Crippen LogP contribution in [0.5, 0.6) is 5.75 Å². The highest BCUT2D eigenvalue weighted by Gasteiger charge is 2.11. The first-order chi connectivity index (χ1) is 12.6. The van der Waals surface area contributed by atoms with Crippen molar-refractivity contribution < 1.29 is 9.53 Å². The van der Waals surface area contributed by atoms with E-state index in [0.29, 0.717) is 29.2 Å². The number of nitrogens with one attached hydrogen (secondary N) is 1. The molecular weight excluding hydrogens is 392 g/mol. The minimum absolute atomic E-state index is 0.222. The van der Waals surface area contributed by atoms with Crippen LogP contribution in [0.4, 0.5) is 0 Å². The summed E-state index contributed by atoms with van der Waals surface area (Å²) in [6.45, 7) is 2.95. The van der Waals surface area contributed by atoms with E-state index in [1.54, 1.807) is 12.1 Å². The van der Waals surface area contributed by atoms with Gasteiger partial charge in [-0.2, -0.15) is 0 Å². The van der Waals surface area contributed by atoms with Crippen LogP contribution in [0.25, 0.3) is 0 Å². The lowest BCUT2D eigenvalue weighted by Gasteiger charge is -2.10. The Morgan fingerprint density at radius 2 is 1.81 bits per heavy atom. The van der Waals surface area contributed by atoms with E-state index in [1.807, 2.05) is 55.5 Å². The van der Waals surface area contributed by atoms with E-state index >= 15 is 0 Å². The maximum Gasteiger partial charge on any atom is 0.270 e. The molecule has 1 N–H and O–H groups in total. The number of pyridine rings is 1. The summed E-state index contributed by atoms with van der Waals surface area (Å²) in [4.78, 5) is 16.6. The molecule has 3 rings (SSSR count). The molecule has 0 spiro atoms.